The summed E-state index contributed by atoms with van der Waals surface area (Å²) in [7, 11) is 0. The normalized spacial score (nSPS) is 10.8. The summed E-state index contributed by atoms with van der Waals surface area (Å²) in [6.07, 6.45) is 2.95. The van der Waals surface area contributed by atoms with E-state index in [1.807, 2.05) is 22.8 Å². The first-order valence-electron chi connectivity index (χ1n) is 9.98. The predicted molar refractivity (Wildman–Crippen MR) is 123 cm³/mol. The van der Waals surface area contributed by atoms with E-state index in [1.165, 1.54) is 0 Å². The number of aryl methyl sites for hydroxylation is 1. The number of benzene rings is 2. The molecule has 0 aliphatic rings. The van der Waals surface area contributed by atoms with Crippen molar-refractivity contribution in [1.82, 2.24) is 30.2 Å². The summed E-state index contributed by atoms with van der Waals surface area (Å²) in [5.41, 5.74) is 4.84. The van der Waals surface area contributed by atoms with Crippen molar-refractivity contribution in [2.45, 2.75) is 39.3 Å². The van der Waals surface area contributed by atoms with Crippen LogP contribution in [-0.4, -0.2) is 64.8 Å². The summed E-state index contributed by atoms with van der Waals surface area (Å²) in [5, 5.41) is 24.4. The van der Waals surface area contributed by atoms with Gasteiger partial charge in [-0.2, -0.15) is 0 Å². The molecule has 9 heteroatoms. The standard InChI is InChI=1S/C22H23ClN6O.Na.H/c1-2-3-8-20-24-21(23)19(14-30)29(20)13-15-9-11-16(12-10-15)17-6-4-5-7-18(17)22-25-27-28-26-22;;/h4-7,9-12,30H,2-3,8,13-14H2,1H3,(H,25,26,27,28);;. The topological polar surface area (TPSA) is 92.5 Å². The predicted octanol–water partition coefficient (Wildman–Crippen LogP) is 3.62. The van der Waals surface area contributed by atoms with Crippen LogP contribution in [0, 0.1) is 0 Å². The van der Waals surface area contributed by atoms with Crippen LogP contribution in [0.3, 0.4) is 0 Å². The number of H-pyrrole nitrogens is 1. The Morgan fingerprint density at radius 1 is 1.06 bits per heavy atom. The molecule has 31 heavy (non-hydrogen) atoms. The Labute approximate surface area is 208 Å². The van der Waals surface area contributed by atoms with Gasteiger partial charge in [0.25, 0.3) is 0 Å². The molecule has 0 bridgehead atoms. The Kier molecular flexibility index (Phi) is 8.40. The fourth-order valence-electron chi connectivity index (χ4n) is 3.56. The average molecular weight is 447 g/mol. The van der Waals surface area contributed by atoms with E-state index >= 15 is 0 Å². The number of tetrazole rings is 1. The van der Waals surface area contributed by atoms with Crippen LogP contribution in [-0.2, 0) is 19.6 Å². The molecule has 4 rings (SSSR count). The monoisotopic (exact) mass is 446 g/mol. The number of rotatable bonds is 8. The second kappa shape index (κ2) is 11.0. The molecule has 0 aliphatic heterocycles. The van der Waals surface area contributed by atoms with Gasteiger partial charge in [0.15, 0.2) is 11.0 Å². The maximum absolute atomic E-state index is 9.77. The molecular weight excluding hydrogens is 423 g/mol. The van der Waals surface area contributed by atoms with E-state index in [0.717, 1.165) is 47.3 Å². The maximum atomic E-state index is 9.77. The van der Waals surface area contributed by atoms with Crippen molar-refractivity contribution in [3.63, 3.8) is 0 Å². The van der Waals surface area contributed by atoms with Gasteiger partial charge in [0.1, 0.15) is 5.82 Å². The number of halogens is 1. The van der Waals surface area contributed by atoms with Gasteiger partial charge in [-0.25, -0.2) is 10.1 Å². The van der Waals surface area contributed by atoms with E-state index in [4.69, 9.17) is 11.6 Å². The molecule has 2 heterocycles. The van der Waals surface area contributed by atoms with Crippen molar-refractivity contribution in [2.75, 3.05) is 0 Å². The third kappa shape index (κ3) is 5.25. The molecule has 0 saturated heterocycles. The van der Waals surface area contributed by atoms with Crippen LogP contribution >= 0.6 is 11.6 Å². The van der Waals surface area contributed by atoms with Gasteiger partial charge in [-0.15, -0.1) is 5.10 Å². The van der Waals surface area contributed by atoms with E-state index in [-0.39, 0.29) is 36.2 Å². The summed E-state index contributed by atoms with van der Waals surface area (Å²) in [6.45, 7) is 2.63. The fraction of sp³-hybridized carbons (Fsp3) is 0.273. The molecule has 0 amide bonds. The third-order valence-corrected chi connectivity index (χ3v) is 5.44. The summed E-state index contributed by atoms with van der Waals surface area (Å²) in [4.78, 5) is 4.47. The Morgan fingerprint density at radius 3 is 2.45 bits per heavy atom. The van der Waals surface area contributed by atoms with E-state index in [2.05, 4.69) is 62.9 Å². The molecule has 2 N–H and O–H groups in total. The zero-order valence-electron chi connectivity index (χ0n) is 16.7. The molecule has 4 aromatic rings. The minimum atomic E-state index is -0.130. The van der Waals surface area contributed by atoms with Gasteiger partial charge in [0.2, 0.25) is 0 Å². The summed E-state index contributed by atoms with van der Waals surface area (Å²) >= 11 is 6.26. The first kappa shape index (κ1) is 23.6. The Bertz CT molecular complexity index is 1110. The van der Waals surface area contributed by atoms with Gasteiger partial charge in [-0.1, -0.05) is 73.5 Å². The van der Waals surface area contributed by atoms with E-state index in [0.29, 0.717) is 23.2 Å². The SMILES string of the molecule is CCCCc1nc(Cl)c(CO)n1Cc1ccc(-c2ccccc2-c2nnn[nH]2)cc1.[NaH]. The van der Waals surface area contributed by atoms with Crippen molar-refractivity contribution in [3.8, 4) is 22.5 Å². The number of nitrogens with one attached hydrogen (secondary N) is 1. The van der Waals surface area contributed by atoms with Gasteiger partial charge in [0, 0.05) is 18.5 Å². The number of imidazole rings is 1. The molecule has 0 radical (unpaired) electrons. The zero-order chi connectivity index (χ0) is 20.9. The van der Waals surface area contributed by atoms with Crippen molar-refractivity contribution < 1.29 is 5.11 Å². The van der Waals surface area contributed by atoms with Crippen molar-refractivity contribution in [3.05, 3.63) is 70.8 Å². The first-order valence-corrected chi connectivity index (χ1v) is 10.4. The third-order valence-electron chi connectivity index (χ3n) is 5.14. The molecule has 0 atom stereocenters. The van der Waals surface area contributed by atoms with Crippen LogP contribution in [0.4, 0.5) is 0 Å². The number of aliphatic hydroxyl groups is 1. The molecule has 2 aromatic carbocycles. The second-order valence-electron chi connectivity index (χ2n) is 7.11. The summed E-state index contributed by atoms with van der Waals surface area (Å²) < 4.78 is 2.03. The van der Waals surface area contributed by atoms with Gasteiger partial charge in [0.05, 0.1) is 12.3 Å². The molecule has 0 spiro atoms. The van der Waals surface area contributed by atoms with Crippen LogP contribution in [0.25, 0.3) is 22.5 Å². The van der Waals surface area contributed by atoms with Crippen LogP contribution < -0.4 is 0 Å². The molecule has 2 aromatic heterocycles. The van der Waals surface area contributed by atoms with Gasteiger partial charge >= 0.3 is 29.6 Å². The number of aromatic nitrogens is 6. The number of hydrogen-bond donors (Lipinski definition) is 2. The summed E-state index contributed by atoms with van der Waals surface area (Å²) in [5.74, 6) is 1.55. The number of hydrogen-bond acceptors (Lipinski definition) is 5. The Balaban J connectivity index is 0.00000272. The molecule has 0 saturated carbocycles. The molecule has 0 fully saturated rings. The summed E-state index contributed by atoms with van der Waals surface area (Å²) in [6, 6.07) is 16.3. The number of unbranched alkanes of at least 4 members (excludes halogenated alkanes) is 1. The van der Waals surface area contributed by atoms with Crippen molar-refractivity contribution >= 4 is 41.2 Å². The van der Waals surface area contributed by atoms with Crippen LogP contribution in [0.5, 0.6) is 0 Å². The van der Waals surface area contributed by atoms with Crippen LogP contribution in [0.1, 0.15) is 36.8 Å². The molecule has 0 aliphatic carbocycles. The fourth-order valence-corrected chi connectivity index (χ4v) is 3.81. The molecular formula is C22H24ClN6NaO. The Morgan fingerprint density at radius 2 is 1.81 bits per heavy atom. The number of aliphatic hydroxyl groups excluding tert-OH is 1. The molecule has 7 nitrogen and oxygen atoms in total. The second-order valence-corrected chi connectivity index (χ2v) is 7.46. The van der Waals surface area contributed by atoms with Gasteiger partial charge in [-0.05, 0) is 33.5 Å². The average Bonchev–Trinajstić information content (AvgIpc) is 3.41. The van der Waals surface area contributed by atoms with Gasteiger partial charge < -0.3 is 9.67 Å². The quantitative estimate of drug-likeness (QED) is 0.403. The van der Waals surface area contributed by atoms with Crippen LogP contribution in [0.2, 0.25) is 5.15 Å². The van der Waals surface area contributed by atoms with E-state index in [1.54, 1.807) is 0 Å². The van der Waals surface area contributed by atoms with E-state index < -0.39 is 0 Å². The Hall–Kier alpha value is -2.03. The zero-order valence-corrected chi connectivity index (χ0v) is 17.5. The van der Waals surface area contributed by atoms with Crippen molar-refractivity contribution in [1.29, 1.82) is 0 Å². The van der Waals surface area contributed by atoms with Gasteiger partial charge in [-0.3, -0.25) is 0 Å². The first-order chi connectivity index (χ1) is 14.7. The van der Waals surface area contributed by atoms with E-state index in [9.17, 15) is 5.11 Å². The molecule has 156 valence electrons. The van der Waals surface area contributed by atoms with Crippen LogP contribution in [0.15, 0.2) is 48.5 Å². The minimum absolute atomic E-state index is 0. The number of aromatic amines is 1. The van der Waals surface area contributed by atoms with Crippen molar-refractivity contribution in [2.24, 2.45) is 0 Å². The molecule has 0 unspecified atom stereocenters. The number of nitrogens with zero attached hydrogens (tertiary/aromatic N) is 5.